The van der Waals surface area contributed by atoms with Gasteiger partial charge in [-0.1, -0.05) is 49.8 Å². The van der Waals surface area contributed by atoms with Crippen molar-refractivity contribution in [1.82, 2.24) is 19.8 Å². The number of likely N-dealkylation sites (tertiary alicyclic amines) is 1. The molecule has 1 fully saturated rings. The number of amides is 3. The summed E-state index contributed by atoms with van der Waals surface area (Å²) in [5.41, 5.74) is 4.58. The minimum absolute atomic E-state index is 0.114. The van der Waals surface area contributed by atoms with Crippen LogP contribution in [0.1, 0.15) is 61.9 Å². The van der Waals surface area contributed by atoms with E-state index in [-0.39, 0.29) is 18.0 Å². The molecular weight excluding hydrogens is 625 g/mol. The summed E-state index contributed by atoms with van der Waals surface area (Å²) >= 11 is 1.21. The van der Waals surface area contributed by atoms with E-state index in [1.165, 1.54) is 48.7 Å². The summed E-state index contributed by atoms with van der Waals surface area (Å²) < 4.78 is 13.7. The third-order valence-electron chi connectivity index (χ3n) is 8.70. The summed E-state index contributed by atoms with van der Waals surface area (Å²) in [6.07, 6.45) is 9.34. The molecule has 0 spiro atoms. The number of carbonyl (C=O) groups is 2. The van der Waals surface area contributed by atoms with E-state index in [0.717, 1.165) is 43.7 Å². The molecule has 6 rings (SSSR count). The molecule has 0 aliphatic carbocycles. The van der Waals surface area contributed by atoms with Gasteiger partial charge in [-0.3, -0.25) is 15.0 Å². The van der Waals surface area contributed by atoms with Crippen LogP contribution >= 0.6 is 11.3 Å². The van der Waals surface area contributed by atoms with Gasteiger partial charge in [0.05, 0.1) is 18.8 Å². The molecule has 1 aliphatic heterocycles. The summed E-state index contributed by atoms with van der Waals surface area (Å²) in [4.78, 5) is 32.4. The Kier molecular flexibility index (Phi) is 10.6. The van der Waals surface area contributed by atoms with Crippen molar-refractivity contribution in [3.8, 4) is 22.2 Å². The first-order valence-corrected chi connectivity index (χ1v) is 17.4. The first kappa shape index (κ1) is 33.0. The minimum Gasteiger partial charge on any atom is -0.493 e. The van der Waals surface area contributed by atoms with E-state index in [9.17, 15) is 9.59 Å². The number of urea groups is 1. The lowest BCUT2D eigenvalue weighted by atomic mass is 10.1. The van der Waals surface area contributed by atoms with Gasteiger partial charge in [-0.2, -0.15) is 0 Å². The Balaban J connectivity index is 1.09. The first-order chi connectivity index (χ1) is 23.4. The minimum atomic E-state index is -0.271. The number of rotatable bonds is 12. The summed E-state index contributed by atoms with van der Waals surface area (Å²) in [6.45, 7) is 7.31. The highest BCUT2D eigenvalue weighted by Crippen LogP contribution is 2.37. The van der Waals surface area contributed by atoms with Gasteiger partial charge in [0, 0.05) is 47.2 Å². The third kappa shape index (κ3) is 7.80. The number of hydrogen-bond acceptors (Lipinski definition) is 7. The molecule has 250 valence electrons. The molecular formula is C37H42N6O4S. The molecule has 0 unspecified atom stereocenters. The lowest BCUT2D eigenvalue weighted by molar-refractivity contribution is 0.102. The van der Waals surface area contributed by atoms with E-state index in [4.69, 9.17) is 9.47 Å². The number of carbonyl (C=O) groups excluding carboxylic acids is 2. The predicted molar refractivity (Wildman–Crippen MR) is 192 cm³/mol. The van der Waals surface area contributed by atoms with Crippen LogP contribution in [0.5, 0.6) is 16.6 Å². The molecule has 1 saturated heterocycles. The third-order valence-corrected chi connectivity index (χ3v) is 9.49. The molecule has 3 N–H and O–H groups in total. The van der Waals surface area contributed by atoms with Crippen molar-refractivity contribution >= 4 is 45.0 Å². The van der Waals surface area contributed by atoms with Gasteiger partial charge in [0.1, 0.15) is 0 Å². The van der Waals surface area contributed by atoms with E-state index in [1.807, 2.05) is 38.1 Å². The number of hydrogen-bond donors (Lipinski definition) is 3. The first-order valence-electron chi connectivity index (χ1n) is 16.6. The largest absolute Gasteiger partial charge is 0.493 e. The number of nitrogens with zero attached hydrogens (tertiary/aromatic N) is 3. The second kappa shape index (κ2) is 15.4. The fourth-order valence-electron chi connectivity index (χ4n) is 6.04. The number of fused-ring (bicyclic) bond motifs is 1. The predicted octanol–water partition coefficient (Wildman–Crippen LogP) is 8.44. The van der Waals surface area contributed by atoms with Crippen molar-refractivity contribution in [2.45, 2.75) is 58.5 Å². The van der Waals surface area contributed by atoms with E-state index in [0.29, 0.717) is 32.9 Å². The molecule has 0 radical (unpaired) electrons. The summed E-state index contributed by atoms with van der Waals surface area (Å²) in [7, 11) is 1.53. The van der Waals surface area contributed by atoms with Crippen LogP contribution in [-0.2, 0) is 6.54 Å². The molecule has 0 atom stereocenters. The van der Waals surface area contributed by atoms with Gasteiger partial charge in [-0.25, -0.2) is 9.78 Å². The number of methoxy groups -OCH3 is 1. The number of nitrogens with one attached hydrogen (secondary N) is 3. The Morgan fingerprint density at radius 1 is 0.938 bits per heavy atom. The van der Waals surface area contributed by atoms with Gasteiger partial charge in [0.15, 0.2) is 16.6 Å². The number of aromatic nitrogens is 2. The fourth-order valence-corrected chi connectivity index (χ4v) is 6.72. The maximum atomic E-state index is 13.1. The zero-order chi connectivity index (χ0) is 33.5. The molecule has 3 aromatic carbocycles. The van der Waals surface area contributed by atoms with Crippen molar-refractivity contribution in [3.63, 3.8) is 0 Å². The van der Waals surface area contributed by atoms with Gasteiger partial charge < -0.3 is 24.7 Å². The normalized spacial score (nSPS) is 13.4. The number of para-hydroxylation sites is 1. The van der Waals surface area contributed by atoms with Crippen molar-refractivity contribution in [2.24, 2.45) is 0 Å². The molecule has 3 amide bonds. The van der Waals surface area contributed by atoms with Gasteiger partial charge in [0.2, 0.25) is 5.06 Å². The molecule has 11 heteroatoms. The summed E-state index contributed by atoms with van der Waals surface area (Å²) in [6, 6.07) is 21.1. The second-order valence-electron chi connectivity index (χ2n) is 11.9. The average molecular weight is 667 g/mol. The quantitative estimate of drug-likeness (QED) is 0.123. The van der Waals surface area contributed by atoms with Crippen LogP contribution in [0.3, 0.4) is 0 Å². The van der Waals surface area contributed by atoms with E-state index >= 15 is 0 Å². The van der Waals surface area contributed by atoms with E-state index < -0.39 is 0 Å². The Hall–Kier alpha value is -4.87. The SMILES string of the molecule is CCC(CC)NC(=O)Nc1ccc(Oc2cnc(NC(=O)c3ccc(-n4cc(CN5CCCCC5)c5ccccc54)cc3)s2)c(OC)c1. The smallest absolute Gasteiger partial charge is 0.319 e. The lowest BCUT2D eigenvalue weighted by Crippen LogP contribution is -2.37. The second-order valence-corrected chi connectivity index (χ2v) is 12.9. The van der Waals surface area contributed by atoms with Gasteiger partial charge >= 0.3 is 6.03 Å². The topological polar surface area (TPSA) is 110 Å². The van der Waals surface area contributed by atoms with Crippen molar-refractivity contribution in [2.75, 3.05) is 30.8 Å². The van der Waals surface area contributed by atoms with E-state index in [1.54, 1.807) is 24.4 Å². The Bertz CT molecular complexity index is 1860. The van der Waals surface area contributed by atoms with Crippen LogP contribution in [0.25, 0.3) is 16.6 Å². The maximum Gasteiger partial charge on any atom is 0.319 e. The maximum absolute atomic E-state index is 13.1. The van der Waals surface area contributed by atoms with E-state index in [2.05, 4.69) is 60.9 Å². The molecule has 0 bridgehead atoms. The van der Waals surface area contributed by atoms with Gasteiger partial charge in [0.25, 0.3) is 5.91 Å². The van der Waals surface area contributed by atoms with Crippen LogP contribution in [0.2, 0.25) is 0 Å². The number of ether oxygens (including phenoxy) is 2. The summed E-state index contributed by atoms with van der Waals surface area (Å²) in [5, 5.41) is 10.8. The molecule has 10 nitrogen and oxygen atoms in total. The molecule has 48 heavy (non-hydrogen) atoms. The van der Waals surface area contributed by atoms with Gasteiger partial charge in [-0.15, -0.1) is 0 Å². The lowest BCUT2D eigenvalue weighted by Gasteiger charge is -2.26. The number of thiazole rings is 1. The number of benzene rings is 3. The van der Waals surface area contributed by atoms with Crippen molar-refractivity contribution in [1.29, 1.82) is 0 Å². The fraction of sp³-hybridized carbons (Fsp3) is 0.324. The molecule has 2 aromatic heterocycles. The monoisotopic (exact) mass is 666 g/mol. The highest BCUT2D eigenvalue weighted by molar-refractivity contribution is 7.17. The number of piperidine rings is 1. The average Bonchev–Trinajstić information content (AvgIpc) is 3.72. The highest BCUT2D eigenvalue weighted by atomic mass is 32.1. The summed E-state index contributed by atoms with van der Waals surface area (Å²) in [5.74, 6) is 0.644. The van der Waals surface area contributed by atoms with Crippen LogP contribution in [0, 0.1) is 0 Å². The Morgan fingerprint density at radius 2 is 1.71 bits per heavy atom. The van der Waals surface area contributed by atoms with Crippen molar-refractivity contribution < 1.29 is 19.1 Å². The molecule has 1 aliphatic rings. The molecule has 0 saturated carbocycles. The Morgan fingerprint density at radius 3 is 2.46 bits per heavy atom. The van der Waals surface area contributed by atoms with Crippen LogP contribution in [0.4, 0.5) is 15.6 Å². The zero-order valence-electron chi connectivity index (χ0n) is 27.6. The van der Waals surface area contributed by atoms with Gasteiger partial charge in [-0.05, 0) is 86.8 Å². The van der Waals surface area contributed by atoms with Crippen LogP contribution < -0.4 is 25.4 Å². The standard InChI is InChI=1S/C37H42N6O4S/c1-4-27(5-2)39-36(45)40-28-15-18-32(33(21-28)46-3)47-34-22-38-37(48-34)41-35(44)25-13-16-29(17-14-25)43-24-26(23-42-19-9-6-10-20-42)30-11-7-8-12-31(30)43/h7-8,11-18,21-22,24,27H,4-6,9-10,19-20,23H2,1-3H3,(H,38,41,44)(H2,39,40,45). The van der Waals surface area contributed by atoms with Crippen LogP contribution in [-0.4, -0.2) is 52.6 Å². The highest BCUT2D eigenvalue weighted by Gasteiger charge is 2.17. The number of anilines is 2. The molecule has 3 heterocycles. The Labute approximate surface area is 285 Å². The molecule has 5 aromatic rings. The van der Waals surface area contributed by atoms with Crippen molar-refractivity contribution in [3.05, 3.63) is 90.3 Å². The zero-order valence-corrected chi connectivity index (χ0v) is 28.4. The van der Waals surface area contributed by atoms with Crippen LogP contribution in [0.15, 0.2) is 79.1 Å².